The second kappa shape index (κ2) is 7.96. The molecule has 1 fully saturated rings. The second-order valence-corrected chi connectivity index (χ2v) is 7.15. The fourth-order valence-corrected chi connectivity index (χ4v) is 4.21. The van der Waals surface area contributed by atoms with Crippen molar-refractivity contribution >= 4 is 29.4 Å². The SMILES string of the molecule is CC(=O)Oc1ccccc1C1=CC(=O)N(C(C)=O)[C@H]2CCCC[C@@H]2N1C(C)=O. The Labute approximate surface area is 163 Å². The number of fused-ring (bicyclic) bond motifs is 1. The van der Waals surface area contributed by atoms with E-state index in [1.807, 2.05) is 0 Å². The predicted molar refractivity (Wildman–Crippen MR) is 102 cm³/mol. The van der Waals surface area contributed by atoms with E-state index in [0.29, 0.717) is 24.1 Å². The first-order valence-corrected chi connectivity index (χ1v) is 9.44. The number of hydrogen-bond donors (Lipinski definition) is 0. The summed E-state index contributed by atoms with van der Waals surface area (Å²) in [5.41, 5.74) is 0.825. The van der Waals surface area contributed by atoms with E-state index in [2.05, 4.69) is 0 Å². The maximum Gasteiger partial charge on any atom is 0.308 e. The highest BCUT2D eigenvalue weighted by Crippen LogP contribution is 2.38. The van der Waals surface area contributed by atoms with Crippen molar-refractivity contribution < 1.29 is 23.9 Å². The van der Waals surface area contributed by atoms with E-state index in [0.717, 1.165) is 12.8 Å². The van der Waals surface area contributed by atoms with Gasteiger partial charge in [-0.1, -0.05) is 25.0 Å². The maximum absolute atomic E-state index is 13.0. The van der Waals surface area contributed by atoms with Gasteiger partial charge in [-0.2, -0.15) is 0 Å². The Morgan fingerprint density at radius 2 is 1.50 bits per heavy atom. The zero-order valence-electron chi connectivity index (χ0n) is 16.3. The van der Waals surface area contributed by atoms with Gasteiger partial charge in [0.05, 0.1) is 17.8 Å². The topological polar surface area (TPSA) is 84.0 Å². The van der Waals surface area contributed by atoms with Gasteiger partial charge in [0.2, 0.25) is 11.8 Å². The van der Waals surface area contributed by atoms with E-state index in [4.69, 9.17) is 4.74 Å². The summed E-state index contributed by atoms with van der Waals surface area (Å²) in [6.45, 7) is 4.11. The van der Waals surface area contributed by atoms with E-state index in [1.54, 1.807) is 29.2 Å². The molecule has 0 spiro atoms. The van der Waals surface area contributed by atoms with Gasteiger partial charge in [-0.15, -0.1) is 0 Å². The van der Waals surface area contributed by atoms with Crippen LogP contribution in [0.3, 0.4) is 0 Å². The molecule has 28 heavy (non-hydrogen) atoms. The van der Waals surface area contributed by atoms with Crippen molar-refractivity contribution in [2.75, 3.05) is 0 Å². The molecule has 1 aliphatic heterocycles. The summed E-state index contributed by atoms with van der Waals surface area (Å²) in [4.78, 5) is 52.3. The fraction of sp³-hybridized carbons (Fsp3) is 0.429. The van der Waals surface area contributed by atoms with E-state index < -0.39 is 11.9 Å². The van der Waals surface area contributed by atoms with Crippen molar-refractivity contribution in [3.05, 3.63) is 35.9 Å². The van der Waals surface area contributed by atoms with Gasteiger partial charge < -0.3 is 9.64 Å². The molecule has 7 nitrogen and oxygen atoms in total. The van der Waals surface area contributed by atoms with Crippen molar-refractivity contribution in [2.45, 2.75) is 58.5 Å². The number of esters is 1. The third-order valence-electron chi connectivity index (χ3n) is 5.21. The summed E-state index contributed by atoms with van der Waals surface area (Å²) < 4.78 is 5.30. The maximum atomic E-state index is 13.0. The number of benzene rings is 1. The molecular weight excluding hydrogens is 360 g/mol. The average Bonchev–Trinajstić information content (AvgIpc) is 2.75. The summed E-state index contributed by atoms with van der Waals surface area (Å²) in [6, 6.07) is 6.11. The molecule has 3 amide bonds. The molecule has 1 aliphatic carbocycles. The Morgan fingerprint density at radius 1 is 0.929 bits per heavy atom. The van der Waals surface area contributed by atoms with Crippen LogP contribution in [0.5, 0.6) is 5.75 Å². The number of carbonyl (C=O) groups excluding carboxylic acids is 4. The zero-order chi connectivity index (χ0) is 20.4. The number of hydrogen-bond acceptors (Lipinski definition) is 5. The summed E-state index contributed by atoms with van der Waals surface area (Å²) in [7, 11) is 0. The lowest BCUT2D eigenvalue weighted by molar-refractivity contribution is -0.146. The van der Waals surface area contributed by atoms with Gasteiger partial charge in [-0.25, -0.2) is 0 Å². The highest BCUT2D eigenvalue weighted by atomic mass is 16.5. The van der Waals surface area contributed by atoms with E-state index in [1.165, 1.54) is 31.7 Å². The van der Waals surface area contributed by atoms with Crippen LogP contribution in [0.2, 0.25) is 0 Å². The summed E-state index contributed by atoms with van der Waals surface area (Å²) >= 11 is 0. The first-order valence-electron chi connectivity index (χ1n) is 9.44. The van der Waals surface area contributed by atoms with Crippen molar-refractivity contribution in [2.24, 2.45) is 0 Å². The molecule has 0 bridgehead atoms. The molecule has 0 saturated heterocycles. The molecular formula is C21H24N2O5. The largest absolute Gasteiger partial charge is 0.426 e. The molecule has 0 radical (unpaired) electrons. The fourth-order valence-electron chi connectivity index (χ4n) is 4.21. The lowest BCUT2D eigenvalue weighted by Gasteiger charge is -2.42. The molecule has 2 aliphatic rings. The number of nitrogens with zero attached hydrogens (tertiary/aromatic N) is 2. The molecule has 3 rings (SSSR count). The number of ether oxygens (including phenoxy) is 1. The van der Waals surface area contributed by atoms with Crippen molar-refractivity contribution in [3.8, 4) is 5.75 Å². The molecule has 0 unspecified atom stereocenters. The van der Waals surface area contributed by atoms with Crippen LogP contribution in [0.1, 0.15) is 52.0 Å². The lowest BCUT2D eigenvalue weighted by atomic mass is 9.87. The standard InChI is InChI=1S/C21H24N2O5/c1-13(24)22-17-9-5-6-10-18(17)23(14(2)25)21(27)12-19(22)16-8-4-7-11-20(16)28-15(3)26/h4,7-8,11-12,17-18H,5-6,9-10H2,1-3H3/t17-,18-/m0/s1. The van der Waals surface area contributed by atoms with Gasteiger partial charge in [0.25, 0.3) is 5.91 Å². The monoisotopic (exact) mass is 384 g/mol. The lowest BCUT2D eigenvalue weighted by Crippen LogP contribution is -2.54. The molecule has 0 N–H and O–H groups in total. The van der Waals surface area contributed by atoms with Crippen LogP contribution in [0.4, 0.5) is 0 Å². The molecule has 1 saturated carbocycles. The number of imide groups is 1. The van der Waals surface area contributed by atoms with E-state index >= 15 is 0 Å². The van der Waals surface area contributed by atoms with Gasteiger partial charge in [0, 0.05) is 32.4 Å². The van der Waals surface area contributed by atoms with Crippen molar-refractivity contribution in [1.82, 2.24) is 9.80 Å². The Hall–Kier alpha value is -2.96. The van der Waals surface area contributed by atoms with Gasteiger partial charge in [0.1, 0.15) is 5.75 Å². The summed E-state index contributed by atoms with van der Waals surface area (Å²) in [5.74, 6) is -1.25. The molecule has 1 aromatic rings. The minimum absolute atomic E-state index is 0.223. The molecule has 1 heterocycles. The Kier molecular flexibility index (Phi) is 5.63. The Morgan fingerprint density at radius 3 is 2.07 bits per heavy atom. The minimum Gasteiger partial charge on any atom is -0.426 e. The van der Waals surface area contributed by atoms with Gasteiger partial charge in [0.15, 0.2) is 0 Å². The smallest absolute Gasteiger partial charge is 0.308 e. The summed E-state index contributed by atoms with van der Waals surface area (Å²) in [6.07, 6.45) is 4.46. The van der Waals surface area contributed by atoms with Crippen LogP contribution in [0.15, 0.2) is 30.3 Å². The van der Waals surface area contributed by atoms with Gasteiger partial charge >= 0.3 is 5.97 Å². The second-order valence-electron chi connectivity index (χ2n) is 7.15. The molecule has 1 aromatic carbocycles. The third-order valence-corrected chi connectivity index (χ3v) is 5.21. The van der Waals surface area contributed by atoms with E-state index in [9.17, 15) is 19.2 Å². The predicted octanol–water partition coefficient (Wildman–Crippen LogP) is 2.50. The van der Waals surface area contributed by atoms with Crippen LogP contribution < -0.4 is 4.74 Å². The number of para-hydroxylation sites is 1. The van der Waals surface area contributed by atoms with E-state index in [-0.39, 0.29) is 29.6 Å². The number of amides is 3. The van der Waals surface area contributed by atoms with Gasteiger partial charge in [-0.05, 0) is 25.0 Å². The highest BCUT2D eigenvalue weighted by molar-refractivity contribution is 6.06. The van der Waals surface area contributed by atoms with Gasteiger partial charge in [-0.3, -0.25) is 24.1 Å². The quantitative estimate of drug-likeness (QED) is 0.578. The van der Waals surface area contributed by atoms with Crippen molar-refractivity contribution in [3.63, 3.8) is 0 Å². The molecule has 2 atom stereocenters. The number of carbonyl (C=O) groups is 4. The zero-order valence-corrected chi connectivity index (χ0v) is 16.3. The van der Waals surface area contributed by atoms with Crippen LogP contribution in [-0.2, 0) is 19.2 Å². The first kappa shape index (κ1) is 19.8. The molecule has 7 heteroatoms. The molecule has 0 aromatic heterocycles. The van der Waals surface area contributed by atoms with Crippen LogP contribution in [0.25, 0.3) is 5.70 Å². The van der Waals surface area contributed by atoms with Crippen LogP contribution in [0, 0.1) is 0 Å². The highest BCUT2D eigenvalue weighted by Gasteiger charge is 2.43. The Bertz CT molecular complexity index is 860. The van der Waals surface area contributed by atoms with Crippen LogP contribution >= 0.6 is 0 Å². The average molecular weight is 384 g/mol. The minimum atomic E-state index is -0.497. The Balaban J connectivity index is 2.19. The molecule has 148 valence electrons. The number of rotatable bonds is 2. The normalized spacial score (nSPS) is 22.1. The van der Waals surface area contributed by atoms with Crippen LogP contribution in [-0.4, -0.2) is 45.6 Å². The van der Waals surface area contributed by atoms with Crippen molar-refractivity contribution in [1.29, 1.82) is 0 Å². The third kappa shape index (κ3) is 3.69. The summed E-state index contributed by atoms with van der Waals surface area (Å²) in [5, 5.41) is 0. The first-order chi connectivity index (χ1) is 13.3.